The van der Waals surface area contributed by atoms with Gasteiger partial charge in [0, 0.05) is 16.4 Å². The van der Waals surface area contributed by atoms with Crippen LogP contribution >= 0.6 is 15.9 Å². The van der Waals surface area contributed by atoms with Crippen LogP contribution in [-0.2, 0) is 5.41 Å². The van der Waals surface area contributed by atoms with Gasteiger partial charge < -0.3 is 10.3 Å². The molecule has 1 aromatic heterocycles. The number of hydrogen-bond donors (Lipinski definition) is 2. The largest absolute Gasteiger partial charge is 0.341 e. The maximum Gasteiger partial charge on any atom is 0.114 e. The standard InChI is InChI=1S/C15H20BrN3/c1-2-6-15(7-3-8-17-10-15)14-18-12-5-4-11(16)9-13(12)19-14/h4-5,9,17H,2-3,6-8,10H2,1H3,(H,18,19). The molecule has 1 atom stereocenters. The maximum atomic E-state index is 4.85. The van der Waals surface area contributed by atoms with Crippen LogP contribution in [0.4, 0.5) is 0 Å². The minimum atomic E-state index is 0.193. The van der Waals surface area contributed by atoms with E-state index in [-0.39, 0.29) is 5.41 Å². The molecule has 0 spiro atoms. The fraction of sp³-hybridized carbons (Fsp3) is 0.533. The molecule has 1 aromatic carbocycles. The summed E-state index contributed by atoms with van der Waals surface area (Å²) in [5, 5.41) is 3.55. The number of piperidine rings is 1. The van der Waals surface area contributed by atoms with E-state index in [1.807, 2.05) is 0 Å². The summed E-state index contributed by atoms with van der Waals surface area (Å²) < 4.78 is 1.10. The molecule has 1 fully saturated rings. The van der Waals surface area contributed by atoms with Gasteiger partial charge >= 0.3 is 0 Å². The Bertz CT molecular complexity index is 564. The number of rotatable bonds is 3. The van der Waals surface area contributed by atoms with Crippen LogP contribution in [0.15, 0.2) is 22.7 Å². The molecule has 0 saturated carbocycles. The van der Waals surface area contributed by atoms with Crippen LogP contribution < -0.4 is 5.32 Å². The van der Waals surface area contributed by atoms with Gasteiger partial charge in [-0.2, -0.15) is 0 Å². The lowest BCUT2D eigenvalue weighted by molar-refractivity contribution is 0.278. The predicted octanol–water partition coefficient (Wildman–Crippen LogP) is 3.75. The van der Waals surface area contributed by atoms with Gasteiger partial charge in [0.25, 0.3) is 0 Å². The lowest BCUT2D eigenvalue weighted by atomic mass is 9.76. The third kappa shape index (κ3) is 2.43. The van der Waals surface area contributed by atoms with E-state index < -0.39 is 0 Å². The molecular formula is C15H20BrN3. The summed E-state index contributed by atoms with van der Waals surface area (Å²) in [6, 6.07) is 6.25. The Morgan fingerprint density at radius 1 is 1.42 bits per heavy atom. The van der Waals surface area contributed by atoms with Crippen molar-refractivity contribution in [1.82, 2.24) is 15.3 Å². The minimum absolute atomic E-state index is 0.193. The molecule has 4 heteroatoms. The van der Waals surface area contributed by atoms with Crippen molar-refractivity contribution in [1.29, 1.82) is 0 Å². The van der Waals surface area contributed by atoms with Gasteiger partial charge in [-0.1, -0.05) is 29.3 Å². The Kier molecular flexibility index (Phi) is 3.63. The molecule has 2 N–H and O–H groups in total. The molecule has 1 aliphatic rings. The van der Waals surface area contributed by atoms with Crippen molar-refractivity contribution in [2.24, 2.45) is 0 Å². The van der Waals surface area contributed by atoms with Crippen molar-refractivity contribution in [2.75, 3.05) is 13.1 Å². The fourth-order valence-electron chi connectivity index (χ4n) is 3.21. The second-order valence-corrected chi connectivity index (χ2v) is 6.47. The van der Waals surface area contributed by atoms with Crippen molar-refractivity contribution >= 4 is 27.0 Å². The van der Waals surface area contributed by atoms with E-state index in [1.165, 1.54) is 25.7 Å². The lowest BCUT2D eigenvalue weighted by Crippen LogP contribution is -2.44. The number of aromatic amines is 1. The van der Waals surface area contributed by atoms with Gasteiger partial charge in [0.05, 0.1) is 11.0 Å². The molecule has 102 valence electrons. The van der Waals surface area contributed by atoms with E-state index in [9.17, 15) is 0 Å². The fourth-order valence-corrected chi connectivity index (χ4v) is 3.57. The predicted molar refractivity (Wildman–Crippen MR) is 82.5 cm³/mol. The summed E-state index contributed by atoms with van der Waals surface area (Å²) in [7, 11) is 0. The van der Waals surface area contributed by atoms with Gasteiger partial charge in [0.2, 0.25) is 0 Å². The van der Waals surface area contributed by atoms with Crippen molar-refractivity contribution < 1.29 is 0 Å². The van der Waals surface area contributed by atoms with Gasteiger partial charge in [-0.3, -0.25) is 0 Å². The maximum absolute atomic E-state index is 4.85. The summed E-state index contributed by atoms with van der Waals surface area (Å²) in [6.45, 7) is 4.44. The average molecular weight is 322 g/mol. The molecular weight excluding hydrogens is 302 g/mol. The molecule has 0 aliphatic carbocycles. The highest BCUT2D eigenvalue weighted by atomic mass is 79.9. The van der Waals surface area contributed by atoms with Gasteiger partial charge in [-0.15, -0.1) is 0 Å². The molecule has 0 amide bonds. The summed E-state index contributed by atoms with van der Waals surface area (Å²) in [6.07, 6.45) is 4.86. The van der Waals surface area contributed by atoms with Crippen LogP contribution in [0.3, 0.4) is 0 Å². The number of imidazole rings is 1. The minimum Gasteiger partial charge on any atom is -0.341 e. The number of nitrogens with one attached hydrogen (secondary N) is 2. The van der Waals surface area contributed by atoms with E-state index in [2.05, 4.69) is 51.4 Å². The zero-order valence-corrected chi connectivity index (χ0v) is 12.9. The first kappa shape index (κ1) is 13.1. The van der Waals surface area contributed by atoms with Gasteiger partial charge in [-0.25, -0.2) is 4.98 Å². The Morgan fingerprint density at radius 3 is 3.05 bits per heavy atom. The zero-order chi connectivity index (χ0) is 13.3. The Balaban J connectivity index is 2.04. The number of hydrogen-bond acceptors (Lipinski definition) is 2. The van der Waals surface area contributed by atoms with E-state index >= 15 is 0 Å². The molecule has 2 aromatic rings. The van der Waals surface area contributed by atoms with E-state index in [0.717, 1.165) is 34.4 Å². The summed E-state index contributed by atoms with van der Waals surface area (Å²) in [5.74, 6) is 1.16. The van der Waals surface area contributed by atoms with Crippen LogP contribution in [-0.4, -0.2) is 23.1 Å². The number of fused-ring (bicyclic) bond motifs is 1. The molecule has 1 aliphatic heterocycles. The lowest BCUT2D eigenvalue weighted by Gasteiger charge is -2.36. The van der Waals surface area contributed by atoms with Crippen LogP contribution in [0.2, 0.25) is 0 Å². The topological polar surface area (TPSA) is 40.7 Å². The SMILES string of the molecule is CCCC1(c2nc3ccc(Br)cc3[nH]2)CCCNC1. The Morgan fingerprint density at radius 2 is 2.32 bits per heavy atom. The first-order chi connectivity index (χ1) is 9.23. The highest BCUT2D eigenvalue weighted by molar-refractivity contribution is 9.10. The summed E-state index contributed by atoms with van der Waals surface area (Å²) >= 11 is 3.52. The number of halogens is 1. The van der Waals surface area contributed by atoms with E-state index in [4.69, 9.17) is 4.98 Å². The number of benzene rings is 1. The second kappa shape index (κ2) is 5.25. The smallest absolute Gasteiger partial charge is 0.114 e. The van der Waals surface area contributed by atoms with Crippen molar-refractivity contribution in [3.8, 4) is 0 Å². The highest BCUT2D eigenvalue weighted by Gasteiger charge is 2.35. The first-order valence-electron chi connectivity index (χ1n) is 7.10. The summed E-state index contributed by atoms with van der Waals surface area (Å²) in [5.41, 5.74) is 2.39. The van der Waals surface area contributed by atoms with Crippen LogP contribution in [0, 0.1) is 0 Å². The molecule has 0 bridgehead atoms. The third-order valence-corrected chi connectivity index (χ3v) is 4.64. The normalized spacial score (nSPS) is 23.9. The number of H-pyrrole nitrogens is 1. The van der Waals surface area contributed by atoms with Gasteiger partial charge in [0.15, 0.2) is 0 Å². The number of nitrogens with zero attached hydrogens (tertiary/aromatic N) is 1. The molecule has 3 rings (SSSR count). The van der Waals surface area contributed by atoms with Crippen molar-refractivity contribution in [3.63, 3.8) is 0 Å². The van der Waals surface area contributed by atoms with Crippen LogP contribution in [0.1, 0.15) is 38.4 Å². The van der Waals surface area contributed by atoms with Gasteiger partial charge in [-0.05, 0) is 44.0 Å². The molecule has 2 heterocycles. The quantitative estimate of drug-likeness (QED) is 0.904. The Hall–Kier alpha value is -0.870. The van der Waals surface area contributed by atoms with E-state index in [1.54, 1.807) is 0 Å². The summed E-state index contributed by atoms with van der Waals surface area (Å²) in [4.78, 5) is 8.40. The van der Waals surface area contributed by atoms with Crippen molar-refractivity contribution in [2.45, 2.75) is 38.0 Å². The first-order valence-corrected chi connectivity index (χ1v) is 7.89. The van der Waals surface area contributed by atoms with Crippen LogP contribution in [0.5, 0.6) is 0 Å². The van der Waals surface area contributed by atoms with Crippen LogP contribution in [0.25, 0.3) is 11.0 Å². The number of aromatic nitrogens is 2. The van der Waals surface area contributed by atoms with Gasteiger partial charge in [0.1, 0.15) is 5.82 Å². The molecule has 1 saturated heterocycles. The van der Waals surface area contributed by atoms with Crippen molar-refractivity contribution in [3.05, 3.63) is 28.5 Å². The molecule has 1 unspecified atom stereocenters. The second-order valence-electron chi connectivity index (χ2n) is 5.56. The zero-order valence-electron chi connectivity index (χ0n) is 11.3. The monoisotopic (exact) mass is 321 g/mol. The molecule has 3 nitrogen and oxygen atoms in total. The van der Waals surface area contributed by atoms with E-state index in [0.29, 0.717) is 0 Å². The third-order valence-electron chi connectivity index (χ3n) is 4.15. The molecule has 19 heavy (non-hydrogen) atoms. The molecule has 0 radical (unpaired) electrons. The Labute approximate surface area is 122 Å². The average Bonchev–Trinajstić information content (AvgIpc) is 2.83. The highest BCUT2D eigenvalue weighted by Crippen LogP contribution is 2.35.